The van der Waals surface area contributed by atoms with Crippen molar-refractivity contribution in [2.75, 3.05) is 19.6 Å². The molecule has 0 saturated carbocycles. The summed E-state index contributed by atoms with van der Waals surface area (Å²) in [5.41, 5.74) is 5.67. The standard InChI is InChI=1S/C9H17N3O/c10-8-3-6-12(9(8)13)7-1-4-11-5-2-7/h7-8,11H,1-6,10H2. The molecule has 1 unspecified atom stereocenters. The fraction of sp³-hybridized carbons (Fsp3) is 0.889. The van der Waals surface area contributed by atoms with Crippen molar-refractivity contribution in [3.63, 3.8) is 0 Å². The van der Waals surface area contributed by atoms with E-state index in [-0.39, 0.29) is 11.9 Å². The number of carbonyl (C=O) groups excluding carboxylic acids is 1. The van der Waals surface area contributed by atoms with Crippen LogP contribution in [0.25, 0.3) is 0 Å². The first-order valence-electron chi connectivity index (χ1n) is 5.06. The zero-order chi connectivity index (χ0) is 9.26. The van der Waals surface area contributed by atoms with Crippen LogP contribution in [0, 0.1) is 0 Å². The van der Waals surface area contributed by atoms with Crippen molar-refractivity contribution >= 4 is 5.91 Å². The van der Waals surface area contributed by atoms with Crippen molar-refractivity contribution in [2.24, 2.45) is 5.73 Å². The first kappa shape index (κ1) is 8.97. The summed E-state index contributed by atoms with van der Waals surface area (Å²) < 4.78 is 0. The first-order chi connectivity index (χ1) is 6.29. The molecule has 2 heterocycles. The molecule has 4 nitrogen and oxygen atoms in total. The maximum absolute atomic E-state index is 11.6. The minimum atomic E-state index is -0.227. The SMILES string of the molecule is NC1CCN(C2CCNCC2)C1=O. The zero-order valence-electron chi connectivity index (χ0n) is 7.83. The number of rotatable bonds is 1. The van der Waals surface area contributed by atoms with E-state index in [4.69, 9.17) is 5.73 Å². The molecule has 2 aliphatic rings. The van der Waals surface area contributed by atoms with Gasteiger partial charge >= 0.3 is 0 Å². The minimum Gasteiger partial charge on any atom is -0.338 e. The quantitative estimate of drug-likeness (QED) is 0.565. The Bertz CT molecular complexity index is 201. The average Bonchev–Trinajstić information content (AvgIpc) is 2.49. The number of carbonyl (C=O) groups is 1. The molecular formula is C9H17N3O. The molecule has 0 bridgehead atoms. The van der Waals surface area contributed by atoms with Gasteiger partial charge in [-0.2, -0.15) is 0 Å². The Morgan fingerprint density at radius 2 is 2.00 bits per heavy atom. The van der Waals surface area contributed by atoms with E-state index < -0.39 is 0 Å². The molecule has 2 aliphatic heterocycles. The van der Waals surface area contributed by atoms with Crippen LogP contribution >= 0.6 is 0 Å². The van der Waals surface area contributed by atoms with Crippen LogP contribution in [0.4, 0.5) is 0 Å². The monoisotopic (exact) mass is 183 g/mol. The van der Waals surface area contributed by atoms with Crippen LogP contribution in [0.5, 0.6) is 0 Å². The molecule has 2 rings (SSSR count). The second-order valence-corrected chi connectivity index (χ2v) is 3.91. The molecule has 0 aliphatic carbocycles. The third kappa shape index (κ3) is 1.69. The van der Waals surface area contributed by atoms with E-state index in [2.05, 4.69) is 5.32 Å². The molecule has 74 valence electrons. The smallest absolute Gasteiger partial charge is 0.239 e. The lowest BCUT2D eigenvalue weighted by molar-refractivity contribution is -0.131. The Morgan fingerprint density at radius 1 is 1.31 bits per heavy atom. The highest BCUT2D eigenvalue weighted by molar-refractivity contribution is 5.84. The van der Waals surface area contributed by atoms with Crippen LogP contribution < -0.4 is 11.1 Å². The van der Waals surface area contributed by atoms with Crippen LogP contribution in [0.15, 0.2) is 0 Å². The number of nitrogens with one attached hydrogen (secondary N) is 1. The molecular weight excluding hydrogens is 166 g/mol. The first-order valence-corrected chi connectivity index (χ1v) is 5.06. The molecule has 3 N–H and O–H groups in total. The second kappa shape index (κ2) is 3.64. The van der Waals surface area contributed by atoms with E-state index in [1.165, 1.54) is 0 Å². The molecule has 1 atom stereocenters. The number of nitrogens with two attached hydrogens (primary N) is 1. The predicted octanol–water partition coefficient (Wildman–Crippen LogP) is -0.702. The third-order valence-corrected chi connectivity index (χ3v) is 3.03. The molecule has 0 aromatic rings. The van der Waals surface area contributed by atoms with E-state index in [0.717, 1.165) is 38.9 Å². The molecule has 0 radical (unpaired) electrons. The molecule has 2 fully saturated rings. The summed E-state index contributed by atoms with van der Waals surface area (Å²) in [6.07, 6.45) is 3.00. The average molecular weight is 183 g/mol. The van der Waals surface area contributed by atoms with Gasteiger partial charge in [0, 0.05) is 12.6 Å². The Kier molecular flexibility index (Phi) is 2.51. The molecule has 0 spiro atoms. The van der Waals surface area contributed by atoms with E-state index >= 15 is 0 Å². The summed E-state index contributed by atoms with van der Waals surface area (Å²) in [7, 11) is 0. The van der Waals surface area contributed by atoms with Gasteiger partial charge in [-0.25, -0.2) is 0 Å². The van der Waals surface area contributed by atoms with Crippen LogP contribution in [-0.4, -0.2) is 42.5 Å². The van der Waals surface area contributed by atoms with Crippen LogP contribution in [0.3, 0.4) is 0 Å². The fourth-order valence-corrected chi connectivity index (χ4v) is 2.21. The number of likely N-dealkylation sites (tertiary alicyclic amines) is 1. The zero-order valence-corrected chi connectivity index (χ0v) is 7.83. The van der Waals surface area contributed by atoms with Gasteiger partial charge in [-0.3, -0.25) is 4.79 Å². The van der Waals surface area contributed by atoms with Crippen LogP contribution in [-0.2, 0) is 4.79 Å². The molecule has 2 saturated heterocycles. The van der Waals surface area contributed by atoms with Gasteiger partial charge < -0.3 is 16.0 Å². The molecule has 0 aromatic heterocycles. The van der Waals surface area contributed by atoms with Crippen LogP contribution in [0.1, 0.15) is 19.3 Å². The lowest BCUT2D eigenvalue weighted by Gasteiger charge is -2.31. The minimum absolute atomic E-state index is 0.159. The maximum atomic E-state index is 11.6. The van der Waals surface area contributed by atoms with E-state index in [9.17, 15) is 4.79 Å². The highest BCUT2D eigenvalue weighted by Gasteiger charge is 2.33. The van der Waals surface area contributed by atoms with Gasteiger partial charge in [0.1, 0.15) is 0 Å². The van der Waals surface area contributed by atoms with Gasteiger partial charge in [-0.15, -0.1) is 0 Å². The van der Waals surface area contributed by atoms with Crippen LogP contribution in [0.2, 0.25) is 0 Å². The summed E-state index contributed by atoms with van der Waals surface area (Å²) in [6, 6.07) is 0.220. The second-order valence-electron chi connectivity index (χ2n) is 3.91. The predicted molar refractivity (Wildman–Crippen MR) is 50.2 cm³/mol. The molecule has 1 amide bonds. The Hall–Kier alpha value is -0.610. The van der Waals surface area contributed by atoms with Gasteiger partial charge in [0.25, 0.3) is 0 Å². The van der Waals surface area contributed by atoms with E-state index in [1.807, 2.05) is 4.90 Å². The number of piperidine rings is 1. The van der Waals surface area contributed by atoms with Crippen molar-refractivity contribution in [3.8, 4) is 0 Å². The van der Waals surface area contributed by atoms with Crippen molar-refractivity contribution in [1.82, 2.24) is 10.2 Å². The maximum Gasteiger partial charge on any atom is 0.239 e. The van der Waals surface area contributed by atoms with Crippen molar-refractivity contribution in [2.45, 2.75) is 31.3 Å². The Labute approximate surface area is 78.5 Å². The molecule has 0 aromatic carbocycles. The van der Waals surface area contributed by atoms with Crippen molar-refractivity contribution < 1.29 is 4.79 Å². The summed E-state index contributed by atoms with van der Waals surface area (Å²) in [4.78, 5) is 13.6. The van der Waals surface area contributed by atoms with Gasteiger partial charge in [0.15, 0.2) is 0 Å². The Balaban J connectivity index is 1.96. The number of hydrogen-bond acceptors (Lipinski definition) is 3. The van der Waals surface area contributed by atoms with Crippen molar-refractivity contribution in [3.05, 3.63) is 0 Å². The van der Waals surface area contributed by atoms with E-state index in [1.54, 1.807) is 0 Å². The number of amides is 1. The Morgan fingerprint density at radius 3 is 2.54 bits per heavy atom. The lowest BCUT2D eigenvalue weighted by Crippen LogP contribution is -2.45. The largest absolute Gasteiger partial charge is 0.338 e. The van der Waals surface area contributed by atoms with E-state index in [0.29, 0.717) is 6.04 Å². The summed E-state index contributed by atoms with van der Waals surface area (Å²) >= 11 is 0. The summed E-state index contributed by atoms with van der Waals surface area (Å²) in [5.74, 6) is 0.159. The number of hydrogen-bond donors (Lipinski definition) is 2. The lowest BCUT2D eigenvalue weighted by atomic mass is 10.1. The van der Waals surface area contributed by atoms with Gasteiger partial charge in [-0.1, -0.05) is 0 Å². The van der Waals surface area contributed by atoms with Crippen molar-refractivity contribution in [1.29, 1.82) is 0 Å². The van der Waals surface area contributed by atoms with Gasteiger partial charge in [-0.05, 0) is 32.4 Å². The van der Waals surface area contributed by atoms with Gasteiger partial charge in [0.2, 0.25) is 5.91 Å². The highest BCUT2D eigenvalue weighted by atomic mass is 16.2. The molecule has 4 heteroatoms. The third-order valence-electron chi connectivity index (χ3n) is 3.03. The fourth-order valence-electron chi connectivity index (χ4n) is 2.21. The normalized spacial score (nSPS) is 31.3. The summed E-state index contributed by atoms with van der Waals surface area (Å²) in [5, 5.41) is 3.30. The number of nitrogens with zero attached hydrogens (tertiary/aromatic N) is 1. The highest BCUT2D eigenvalue weighted by Crippen LogP contribution is 2.18. The topological polar surface area (TPSA) is 58.4 Å². The van der Waals surface area contributed by atoms with Gasteiger partial charge in [0.05, 0.1) is 6.04 Å². The molecule has 13 heavy (non-hydrogen) atoms. The summed E-state index contributed by atoms with van der Waals surface area (Å²) in [6.45, 7) is 2.93.